The van der Waals surface area contributed by atoms with E-state index in [0.29, 0.717) is 0 Å². The molecule has 8 aromatic carbocycles. The number of hydrogen-bond acceptors (Lipinski definition) is 3. The van der Waals surface area contributed by atoms with Crippen LogP contribution in [0.4, 0.5) is 17.1 Å². The SMILES string of the molecule is CC1(C)c2ccccc2Oc2c(-c3ccc(N(c4ccc(-c5ccccc5)cc4)c4ccc(-c5cccc6c5Oc5ccccc5C6)cc4)cc3)cccc21. The van der Waals surface area contributed by atoms with Gasteiger partial charge in [0.05, 0.1) is 0 Å². The Balaban J connectivity index is 1.02. The molecule has 8 aromatic rings. The maximum absolute atomic E-state index is 6.64. The van der Waals surface area contributed by atoms with E-state index in [4.69, 9.17) is 9.47 Å². The predicted octanol–water partition coefficient (Wildman–Crippen LogP) is 14.3. The number of benzene rings is 8. The summed E-state index contributed by atoms with van der Waals surface area (Å²) in [6.07, 6.45) is 0.864. The van der Waals surface area contributed by atoms with Crippen molar-refractivity contribution in [3.8, 4) is 56.4 Å². The standard InChI is InChI=1S/C52H39NO2/c1-52(2)46-18-7-9-21-49(46)55-51-45(17-11-19-47(51)52)38-26-32-43(33-27-38)53(41-28-22-36(23-29-41)35-12-4-3-5-13-35)42-30-24-37(25-31-42)44-16-10-15-40-34-39-14-6-8-20-48(39)54-50(40)44/h3-33H,34H2,1-2H3. The minimum Gasteiger partial charge on any atom is -0.456 e. The Morgan fingerprint density at radius 2 is 0.855 bits per heavy atom. The highest BCUT2D eigenvalue weighted by Crippen LogP contribution is 2.51. The van der Waals surface area contributed by atoms with Crippen LogP contribution in [0.5, 0.6) is 23.0 Å². The van der Waals surface area contributed by atoms with E-state index in [1.165, 1.54) is 33.4 Å². The van der Waals surface area contributed by atoms with Crippen LogP contribution in [0.1, 0.15) is 36.1 Å². The van der Waals surface area contributed by atoms with Gasteiger partial charge < -0.3 is 14.4 Å². The molecule has 2 aliphatic heterocycles. The number of ether oxygens (including phenoxy) is 2. The topological polar surface area (TPSA) is 21.7 Å². The number of rotatable bonds is 6. The highest BCUT2D eigenvalue weighted by molar-refractivity contribution is 5.83. The minimum atomic E-state index is -0.176. The van der Waals surface area contributed by atoms with Gasteiger partial charge >= 0.3 is 0 Å². The quantitative estimate of drug-likeness (QED) is 0.172. The molecule has 2 heterocycles. The molecule has 0 spiro atoms. The Bertz CT molecular complexity index is 2680. The van der Waals surface area contributed by atoms with Crippen LogP contribution in [0.2, 0.25) is 0 Å². The molecular formula is C52H39NO2. The number of hydrogen-bond donors (Lipinski definition) is 0. The molecule has 0 aliphatic carbocycles. The Kier molecular flexibility index (Phi) is 7.88. The molecule has 0 bridgehead atoms. The molecule has 0 fully saturated rings. The number of para-hydroxylation sites is 4. The van der Waals surface area contributed by atoms with Gasteiger partial charge in [-0.05, 0) is 81.9 Å². The van der Waals surface area contributed by atoms with Gasteiger partial charge in [-0.15, -0.1) is 0 Å². The largest absolute Gasteiger partial charge is 0.456 e. The third kappa shape index (κ3) is 5.77. The second-order valence-electron chi connectivity index (χ2n) is 14.9. The molecule has 0 N–H and O–H groups in total. The van der Waals surface area contributed by atoms with Crippen LogP contribution >= 0.6 is 0 Å². The Labute approximate surface area is 322 Å². The van der Waals surface area contributed by atoms with Crippen LogP contribution in [0.3, 0.4) is 0 Å². The highest BCUT2D eigenvalue weighted by atomic mass is 16.5. The molecule has 0 aromatic heterocycles. The lowest BCUT2D eigenvalue weighted by molar-refractivity contribution is 0.419. The lowest BCUT2D eigenvalue weighted by atomic mass is 9.75. The fraction of sp³-hybridized carbons (Fsp3) is 0.0769. The first kappa shape index (κ1) is 32.8. The van der Waals surface area contributed by atoms with Crippen LogP contribution < -0.4 is 14.4 Å². The number of fused-ring (bicyclic) bond motifs is 4. The van der Waals surface area contributed by atoms with Crippen molar-refractivity contribution < 1.29 is 9.47 Å². The third-order valence-corrected chi connectivity index (χ3v) is 11.2. The summed E-state index contributed by atoms with van der Waals surface area (Å²) in [5, 5.41) is 0. The first-order valence-electron chi connectivity index (χ1n) is 19.0. The van der Waals surface area contributed by atoms with E-state index in [0.717, 1.165) is 68.7 Å². The summed E-state index contributed by atoms with van der Waals surface area (Å²) in [4.78, 5) is 2.33. The van der Waals surface area contributed by atoms with Crippen LogP contribution in [0.15, 0.2) is 188 Å². The van der Waals surface area contributed by atoms with E-state index in [1.54, 1.807) is 0 Å². The molecule has 2 aliphatic rings. The zero-order valence-corrected chi connectivity index (χ0v) is 30.9. The molecule has 0 saturated carbocycles. The van der Waals surface area contributed by atoms with Crippen molar-refractivity contribution in [3.63, 3.8) is 0 Å². The van der Waals surface area contributed by atoms with E-state index in [2.05, 4.69) is 195 Å². The van der Waals surface area contributed by atoms with Crippen LogP contribution in [-0.2, 0) is 11.8 Å². The predicted molar refractivity (Wildman–Crippen MR) is 225 cm³/mol. The molecule has 0 unspecified atom stereocenters. The summed E-state index contributed by atoms with van der Waals surface area (Å²) in [5.41, 5.74) is 14.7. The van der Waals surface area contributed by atoms with Crippen molar-refractivity contribution in [2.24, 2.45) is 0 Å². The molecule has 0 atom stereocenters. The molecule has 3 nitrogen and oxygen atoms in total. The van der Waals surface area contributed by atoms with Gasteiger partial charge in [0.2, 0.25) is 0 Å². The zero-order chi connectivity index (χ0) is 36.9. The monoisotopic (exact) mass is 709 g/mol. The first-order valence-corrected chi connectivity index (χ1v) is 19.0. The maximum Gasteiger partial charge on any atom is 0.139 e. The van der Waals surface area contributed by atoms with Crippen LogP contribution in [0.25, 0.3) is 33.4 Å². The summed E-state index contributed by atoms with van der Waals surface area (Å²) in [5.74, 6) is 3.73. The molecule has 0 radical (unpaired) electrons. The second kappa shape index (κ2) is 13.2. The van der Waals surface area contributed by atoms with Gasteiger partial charge in [0.1, 0.15) is 23.0 Å². The third-order valence-electron chi connectivity index (χ3n) is 11.2. The van der Waals surface area contributed by atoms with Crippen molar-refractivity contribution in [3.05, 3.63) is 210 Å². The van der Waals surface area contributed by atoms with Crippen molar-refractivity contribution >= 4 is 17.1 Å². The lowest BCUT2D eigenvalue weighted by Gasteiger charge is -2.35. The van der Waals surface area contributed by atoms with Crippen molar-refractivity contribution in [1.82, 2.24) is 0 Å². The maximum atomic E-state index is 6.64. The normalized spacial score (nSPS) is 13.3. The Morgan fingerprint density at radius 1 is 0.382 bits per heavy atom. The van der Waals surface area contributed by atoms with Gasteiger partial charge in [-0.3, -0.25) is 0 Å². The smallest absolute Gasteiger partial charge is 0.139 e. The lowest BCUT2D eigenvalue weighted by Crippen LogP contribution is -2.24. The molecule has 0 amide bonds. The fourth-order valence-corrected chi connectivity index (χ4v) is 8.29. The fourth-order valence-electron chi connectivity index (χ4n) is 8.29. The van der Waals surface area contributed by atoms with Gasteiger partial charge in [0, 0.05) is 51.2 Å². The molecular weight excluding hydrogens is 671 g/mol. The van der Waals surface area contributed by atoms with E-state index in [-0.39, 0.29) is 5.41 Å². The Hall–Kier alpha value is -6.84. The molecule has 10 rings (SSSR count). The number of nitrogens with zero attached hydrogens (tertiary/aromatic N) is 1. The van der Waals surface area contributed by atoms with Gasteiger partial charge in [-0.25, -0.2) is 0 Å². The summed E-state index contributed by atoms with van der Waals surface area (Å²) >= 11 is 0. The second-order valence-corrected chi connectivity index (χ2v) is 14.9. The van der Waals surface area contributed by atoms with Crippen molar-refractivity contribution in [1.29, 1.82) is 0 Å². The average Bonchev–Trinajstić information content (AvgIpc) is 3.24. The molecule has 0 saturated heterocycles. The minimum absolute atomic E-state index is 0.176. The Morgan fingerprint density at radius 3 is 1.53 bits per heavy atom. The van der Waals surface area contributed by atoms with E-state index < -0.39 is 0 Å². The molecule has 264 valence electrons. The van der Waals surface area contributed by atoms with Gasteiger partial charge in [-0.1, -0.05) is 153 Å². The van der Waals surface area contributed by atoms with Crippen molar-refractivity contribution in [2.45, 2.75) is 25.7 Å². The van der Waals surface area contributed by atoms with Crippen LogP contribution in [-0.4, -0.2) is 0 Å². The summed E-state index contributed by atoms with van der Waals surface area (Å²) in [6.45, 7) is 4.57. The highest BCUT2D eigenvalue weighted by Gasteiger charge is 2.35. The molecule has 3 heteroatoms. The van der Waals surface area contributed by atoms with Gasteiger partial charge in [0.15, 0.2) is 0 Å². The van der Waals surface area contributed by atoms with Gasteiger partial charge in [0.25, 0.3) is 0 Å². The zero-order valence-electron chi connectivity index (χ0n) is 30.9. The van der Waals surface area contributed by atoms with Gasteiger partial charge in [-0.2, -0.15) is 0 Å². The van der Waals surface area contributed by atoms with Crippen molar-refractivity contribution in [2.75, 3.05) is 4.90 Å². The number of anilines is 3. The first-order chi connectivity index (χ1) is 27.0. The van der Waals surface area contributed by atoms with Crippen LogP contribution in [0, 0.1) is 0 Å². The van der Waals surface area contributed by atoms with E-state index >= 15 is 0 Å². The summed E-state index contributed by atoms with van der Waals surface area (Å²) < 4.78 is 13.2. The summed E-state index contributed by atoms with van der Waals surface area (Å²) in [7, 11) is 0. The average molecular weight is 710 g/mol. The molecule has 55 heavy (non-hydrogen) atoms. The van der Waals surface area contributed by atoms with E-state index in [9.17, 15) is 0 Å². The van der Waals surface area contributed by atoms with E-state index in [1.807, 2.05) is 12.1 Å². The summed E-state index contributed by atoms with van der Waals surface area (Å²) in [6, 6.07) is 66.8.